The number of hydrogen-bond acceptors (Lipinski definition) is 3. The van der Waals surface area contributed by atoms with Crippen molar-refractivity contribution in [2.45, 2.75) is 46.1 Å². The second-order valence-electron chi connectivity index (χ2n) is 4.90. The number of hydrogen-bond donors (Lipinski definition) is 1. The van der Waals surface area contributed by atoms with Gasteiger partial charge in [0.1, 0.15) is 5.75 Å². The Morgan fingerprint density at radius 2 is 1.75 bits per heavy atom. The van der Waals surface area contributed by atoms with Crippen LogP contribution in [-0.4, -0.2) is 26.4 Å². The quantitative estimate of drug-likeness (QED) is 0.622. The molecule has 0 bridgehead atoms. The molecule has 0 radical (unpaired) electrons. The topological polar surface area (TPSA) is 30.5 Å². The van der Waals surface area contributed by atoms with Crippen molar-refractivity contribution in [3.05, 3.63) is 29.8 Å². The Morgan fingerprint density at radius 1 is 1.00 bits per heavy atom. The van der Waals surface area contributed by atoms with E-state index in [2.05, 4.69) is 44.3 Å². The Hall–Kier alpha value is -1.06. The van der Waals surface area contributed by atoms with Crippen LogP contribution in [0.25, 0.3) is 0 Å². The van der Waals surface area contributed by atoms with E-state index in [1.165, 1.54) is 5.56 Å². The summed E-state index contributed by atoms with van der Waals surface area (Å²) in [5, 5.41) is 3.53. The maximum atomic E-state index is 5.86. The first kappa shape index (κ1) is 17.0. The highest BCUT2D eigenvalue weighted by molar-refractivity contribution is 5.36. The lowest BCUT2D eigenvalue weighted by atomic mass is 10.0. The largest absolute Gasteiger partial charge is 0.493 e. The van der Waals surface area contributed by atoms with Crippen molar-refractivity contribution in [2.24, 2.45) is 0 Å². The molecule has 1 rings (SSSR count). The average Bonchev–Trinajstić information content (AvgIpc) is 2.49. The van der Waals surface area contributed by atoms with Gasteiger partial charge in [-0.1, -0.05) is 39.0 Å². The van der Waals surface area contributed by atoms with E-state index >= 15 is 0 Å². The predicted octanol–water partition coefficient (Wildman–Crippen LogP) is 3.94. The van der Waals surface area contributed by atoms with Crippen LogP contribution >= 0.6 is 0 Å². The van der Waals surface area contributed by atoms with Gasteiger partial charge < -0.3 is 14.8 Å². The Morgan fingerprint density at radius 3 is 2.45 bits per heavy atom. The van der Waals surface area contributed by atoms with Crippen molar-refractivity contribution in [2.75, 3.05) is 26.4 Å². The van der Waals surface area contributed by atoms with Gasteiger partial charge in [0.2, 0.25) is 0 Å². The van der Waals surface area contributed by atoms with E-state index in [9.17, 15) is 0 Å². The molecule has 0 saturated carbocycles. The fraction of sp³-hybridized carbons (Fsp3) is 0.647. The summed E-state index contributed by atoms with van der Waals surface area (Å²) < 4.78 is 11.5. The Balaban J connectivity index is 2.68. The molecular formula is C17H29NO2. The molecule has 0 heterocycles. The molecule has 1 N–H and O–H groups in total. The zero-order chi connectivity index (χ0) is 14.6. The normalized spacial score (nSPS) is 12.3. The van der Waals surface area contributed by atoms with E-state index < -0.39 is 0 Å². The fourth-order valence-corrected chi connectivity index (χ4v) is 2.17. The molecule has 1 atom stereocenters. The fourth-order valence-electron chi connectivity index (χ4n) is 2.17. The maximum absolute atomic E-state index is 5.86. The molecule has 0 aromatic heterocycles. The number of benzene rings is 1. The molecule has 114 valence electrons. The van der Waals surface area contributed by atoms with Crippen molar-refractivity contribution in [1.29, 1.82) is 0 Å². The molecular weight excluding hydrogens is 250 g/mol. The highest BCUT2D eigenvalue weighted by atomic mass is 16.5. The molecule has 0 saturated heterocycles. The van der Waals surface area contributed by atoms with E-state index in [-0.39, 0.29) is 0 Å². The minimum absolute atomic E-state index is 0.296. The number of para-hydroxylation sites is 1. The summed E-state index contributed by atoms with van der Waals surface area (Å²) in [5.41, 5.74) is 1.24. The van der Waals surface area contributed by atoms with Crippen LogP contribution in [0.4, 0.5) is 0 Å². The Bertz CT molecular complexity index is 355. The summed E-state index contributed by atoms with van der Waals surface area (Å²) >= 11 is 0. The number of rotatable bonds is 11. The van der Waals surface area contributed by atoms with E-state index in [0.29, 0.717) is 6.04 Å². The monoisotopic (exact) mass is 279 g/mol. The van der Waals surface area contributed by atoms with Crippen molar-refractivity contribution >= 4 is 0 Å². The van der Waals surface area contributed by atoms with Gasteiger partial charge in [-0.05, 0) is 31.9 Å². The lowest BCUT2D eigenvalue weighted by Gasteiger charge is -2.21. The van der Waals surface area contributed by atoms with Gasteiger partial charge in [-0.25, -0.2) is 0 Å². The van der Waals surface area contributed by atoms with Crippen molar-refractivity contribution in [3.8, 4) is 5.75 Å². The molecule has 0 aliphatic heterocycles. The SMILES string of the molecule is CCCOCCC(NCC)c1ccccc1OCCC. The van der Waals surface area contributed by atoms with E-state index in [1.807, 2.05) is 6.07 Å². The second-order valence-corrected chi connectivity index (χ2v) is 4.90. The van der Waals surface area contributed by atoms with Gasteiger partial charge in [-0.3, -0.25) is 0 Å². The predicted molar refractivity (Wildman–Crippen MR) is 84.4 cm³/mol. The van der Waals surface area contributed by atoms with Crippen LogP contribution in [-0.2, 0) is 4.74 Å². The van der Waals surface area contributed by atoms with Gasteiger partial charge in [0.05, 0.1) is 6.61 Å². The highest BCUT2D eigenvalue weighted by Gasteiger charge is 2.14. The molecule has 3 nitrogen and oxygen atoms in total. The molecule has 0 aliphatic carbocycles. The highest BCUT2D eigenvalue weighted by Crippen LogP contribution is 2.27. The summed E-state index contributed by atoms with van der Waals surface area (Å²) in [6, 6.07) is 8.61. The van der Waals surface area contributed by atoms with Crippen LogP contribution in [0.3, 0.4) is 0 Å². The van der Waals surface area contributed by atoms with Crippen LogP contribution < -0.4 is 10.1 Å². The van der Waals surface area contributed by atoms with Crippen molar-refractivity contribution < 1.29 is 9.47 Å². The lowest BCUT2D eigenvalue weighted by Crippen LogP contribution is -2.23. The number of nitrogens with one attached hydrogen (secondary N) is 1. The molecule has 0 amide bonds. The smallest absolute Gasteiger partial charge is 0.124 e. The minimum Gasteiger partial charge on any atom is -0.493 e. The van der Waals surface area contributed by atoms with Crippen molar-refractivity contribution in [1.82, 2.24) is 5.32 Å². The van der Waals surface area contributed by atoms with Crippen molar-refractivity contribution in [3.63, 3.8) is 0 Å². The van der Waals surface area contributed by atoms with Gasteiger partial charge in [0, 0.05) is 24.8 Å². The molecule has 3 heteroatoms. The van der Waals surface area contributed by atoms with Gasteiger partial charge in [-0.2, -0.15) is 0 Å². The third-order valence-electron chi connectivity index (χ3n) is 3.11. The average molecular weight is 279 g/mol. The van der Waals surface area contributed by atoms with Crippen LogP contribution in [0.1, 0.15) is 51.6 Å². The van der Waals surface area contributed by atoms with Crippen LogP contribution in [0.15, 0.2) is 24.3 Å². The summed E-state index contributed by atoms with van der Waals surface area (Å²) in [7, 11) is 0. The standard InChI is InChI=1S/C17H29NO2/c1-4-12-19-14-11-16(18-6-3)15-9-7-8-10-17(15)20-13-5-2/h7-10,16,18H,4-6,11-14H2,1-3H3. The third kappa shape index (κ3) is 5.93. The molecule has 1 aromatic rings. The van der Waals surface area contributed by atoms with Gasteiger partial charge in [0.15, 0.2) is 0 Å². The second kappa shape index (κ2) is 10.7. The van der Waals surface area contributed by atoms with Crippen LogP contribution in [0.2, 0.25) is 0 Å². The first-order valence-electron chi connectivity index (χ1n) is 7.86. The summed E-state index contributed by atoms with van der Waals surface area (Å²) in [6.07, 6.45) is 3.07. The summed E-state index contributed by atoms with van der Waals surface area (Å²) in [6.45, 7) is 9.73. The Kier molecular flexibility index (Phi) is 9.09. The molecule has 0 fully saturated rings. The lowest BCUT2D eigenvalue weighted by molar-refractivity contribution is 0.124. The van der Waals surface area contributed by atoms with Crippen LogP contribution in [0.5, 0.6) is 5.75 Å². The van der Waals surface area contributed by atoms with Gasteiger partial charge >= 0.3 is 0 Å². The molecule has 1 unspecified atom stereocenters. The zero-order valence-corrected chi connectivity index (χ0v) is 13.2. The van der Waals surface area contributed by atoms with Gasteiger partial charge in [-0.15, -0.1) is 0 Å². The minimum atomic E-state index is 0.296. The molecule has 0 aliphatic rings. The Labute approximate surface area is 123 Å². The first-order valence-corrected chi connectivity index (χ1v) is 7.86. The third-order valence-corrected chi connectivity index (χ3v) is 3.11. The van der Waals surface area contributed by atoms with Crippen LogP contribution in [0, 0.1) is 0 Å². The zero-order valence-electron chi connectivity index (χ0n) is 13.2. The van der Waals surface area contributed by atoms with Gasteiger partial charge in [0.25, 0.3) is 0 Å². The molecule has 1 aromatic carbocycles. The maximum Gasteiger partial charge on any atom is 0.124 e. The summed E-state index contributed by atoms with van der Waals surface area (Å²) in [4.78, 5) is 0. The van der Waals surface area contributed by atoms with E-state index in [1.54, 1.807) is 0 Å². The first-order chi connectivity index (χ1) is 9.83. The number of ether oxygens (including phenoxy) is 2. The van der Waals surface area contributed by atoms with E-state index in [0.717, 1.165) is 51.4 Å². The molecule has 0 spiro atoms. The molecule has 20 heavy (non-hydrogen) atoms. The summed E-state index contributed by atoms with van der Waals surface area (Å²) in [5.74, 6) is 0.996. The van der Waals surface area contributed by atoms with E-state index in [4.69, 9.17) is 9.47 Å².